The van der Waals surface area contributed by atoms with Crippen LogP contribution in [0, 0.1) is 13.8 Å². The summed E-state index contributed by atoms with van der Waals surface area (Å²) in [6.45, 7) is 7.74. The maximum Gasteiger partial charge on any atom is 0.472 e. The zero-order valence-electron chi connectivity index (χ0n) is 34.6. The summed E-state index contributed by atoms with van der Waals surface area (Å²) in [6, 6.07) is 0. The normalized spacial score (nSPS) is 13.4. The summed E-state index contributed by atoms with van der Waals surface area (Å²) in [4.78, 5) is 46.9. The van der Waals surface area contributed by atoms with Gasteiger partial charge in [0, 0.05) is 38.6 Å². The molecule has 0 aliphatic rings. The predicted octanol–water partition coefficient (Wildman–Crippen LogP) is 10.4. The first-order valence-corrected chi connectivity index (χ1v) is 22.6. The fraction of sp³-hybridized carbons (Fsp3) is 0.744. The van der Waals surface area contributed by atoms with Gasteiger partial charge in [0.2, 0.25) is 0 Å². The van der Waals surface area contributed by atoms with Crippen molar-refractivity contribution in [2.45, 2.75) is 181 Å². The standard InChI is InChI=1S/C43H74NO10P/c1-5-7-8-9-12-16-21-27-38(45)28-22-17-15-20-25-31-43(47)53-39(35-52-55(48,49)51-33-32-44)34-50-42(46)30-24-19-14-11-10-13-18-23-29-41-37(4)36(3)40(54-41)26-6-2/h12,16,21,27,39H,5-11,13-15,17-20,22-26,28-35,44H2,1-4H3,(H,48,49)/b16-12-,27-21+/t39-/m1/s1. The third-order valence-electron chi connectivity index (χ3n) is 9.49. The summed E-state index contributed by atoms with van der Waals surface area (Å²) in [6.07, 6.45) is 27.3. The molecule has 12 heteroatoms. The third kappa shape index (κ3) is 26.8. The molecule has 0 aliphatic heterocycles. The van der Waals surface area contributed by atoms with E-state index in [1.807, 2.05) is 12.2 Å². The number of carbonyl (C=O) groups excluding carboxylic acids is 3. The average molecular weight is 796 g/mol. The highest BCUT2D eigenvalue weighted by atomic mass is 31.2. The number of hydrogen-bond donors (Lipinski definition) is 2. The van der Waals surface area contributed by atoms with Crippen molar-refractivity contribution in [2.75, 3.05) is 26.4 Å². The van der Waals surface area contributed by atoms with Gasteiger partial charge in [-0.1, -0.05) is 103 Å². The number of unbranched alkanes of at least 4 members (excludes halogenated alkanes) is 14. The maximum absolute atomic E-state index is 12.6. The molecule has 0 saturated carbocycles. The molecule has 0 aliphatic carbocycles. The highest BCUT2D eigenvalue weighted by molar-refractivity contribution is 7.47. The minimum Gasteiger partial charge on any atom is -0.466 e. The van der Waals surface area contributed by atoms with Crippen LogP contribution in [0.5, 0.6) is 0 Å². The van der Waals surface area contributed by atoms with Crippen molar-refractivity contribution in [3.05, 3.63) is 47.0 Å². The summed E-state index contributed by atoms with van der Waals surface area (Å²) < 4.78 is 38.8. The van der Waals surface area contributed by atoms with Crippen LogP contribution < -0.4 is 5.73 Å². The second-order valence-electron chi connectivity index (χ2n) is 14.5. The van der Waals surface area contributed by atoms with E-state index >= 15 is 0 Å². The van der Waals surface area contributed by atoms with Gasteiger partial charge in [0.15, 0.2) is 11.9 Å². The minimum atomic E-state index is -4.42. The van der Waals surface area contributed by atoms with Gasteiger partial charge in [-0.15, -0.1) is 0 Å². The number of nitrogens with two attached hydrogens (primary N) is 1. The molecular formula is C43H74NO10P. The summed E-state index contributed by atoms with van der Waals surface area (Å²) in [7, 11) is -4.42. The van der Waals surface area contributed by atoms with Gasteiger partial charge in [0.05, 0.1) is 13.2 Å². The van der Waals surface area contributed by atoms with Gasteiger partial charge in [-0.3, -0.25) is 23.4 Å². The Morgan fingerprint density at radius 1 is 0.709 bits per heavy atom. The SMILES string of the molecule is CCCCC/C=C\C=C\C(=O)CCCCCCCC(=O)O[C@H](COC(=O)CCCCCCCCCCc1oc(CCC)c(C)c1C)COP(=O)(O)OCCN. The molecule has 2 atom stereocenters. The summed E-state index contributed by atoms with van der Waals surface area (Å²) in [5.41, 5.74) is 7.95. The molecule has 1 rings (SSSR count). The number of carbonyl (C=O) groups is 3. The fourth-order valence-electron chi connectivity index (χ4n) is 6.07. The maximum atomic E-state index is 12.6. The summed E-state index contributed by atoms with van der Waals surface area (Å²) in [5, 5.41) is 0. The zero-order chi connectivity index (χ0) is 40.6. The highest BCUT2D eigenvalue weighted by Gasteiger charge is 2.26. The fourth-order valence-corrected chi connectivity index (χ4v) is 6.84. The number of rotatable bonds is 36. The Morgan fingerprint density at radius 2 is 1.29 bits per heavy atom. The van der Waals surface area contributed by atoms with E-state index < -0.39 is 32.5 Å². The van der Waals surface area contributed by atoms with E-state index in [-0.39, 0.29) is 38.4 Å². The van der Waals surface area contributed by atoms with Crippen LogP contribution in [0.4, 0.5) is 0 Å². The van der Waals surface area contributed by atoms with Crippen molar-refractivity contribution in [3.8, 4) is 0 Å². The van der Waals surface area contributed by atoms with Gasteiger partial charge in [0.25, 0.3) is 0 Å². The Morgan fingerprint density at radius 3 is 1.91 bits per heavy atom. The Labute approximate surface area is 332 Å². The molecular weight excluding hydrogens is 721 g/mol. The molecule has 0 spiro atoms. The van der Waals surface area contributed by atoms with Gasteiger partial charge in [0.1, 0.15) is 18.1 Å². The topological polar surface area (TPSA) is 165 Å². The number of aryl methyl sites for hydroxylation is 2. The molecule has 1 unspecified atom stereocenters. The number of hydrogen-bond acceptors (Lipinski definition) is 10. The lowest BCUT2D eigenvalue weighted by Crippen LogP contribution is -2.29. The second kappa shape index (κ2) is 32.5. The smallest absolute Gasteiger partial charge is 0.466 e. The van der Waals surface area contributed by atoms with Crippen molar-refractivity contribution >= 4 is 25.5 Å². The molecule has 0 bridgehead atoms. The number of phosphoric ester groups is 1. The Kier molecular flexibility index (Phi) is 29.8. The van der Waals surface area contributed by atoms with Crippen LogP contribution in [-0.4, -0.2) is 55.1 Å². The van der Waals surface area contributed by atoms with Crippen LogP contribution in [0.1, 0.15) is 171 Å². The number of ketones is 1. The molecule has 0 saturated heterocycles. The largest absolute Gasteiger partial charge is 0.472 e. The van der Waals surface area contributed by atoms with Crippen LogP contribution in [-0.2, 0) is 50.3 Å². The molecule has 1 heterocycles. The van der Waals surface area contributed by atoms with E-state index in [4.69, 9.17) is 28.7 Å². The lowest BCUT2D eigenvalue weighted by molar-refractivity contribution is -0.161. The van der Waals surface area contributed by atoms with E-state index in [2.05, 4.69) is 33.8 Å². The van der Waals surface area contributed by atoms with Gasteiger partial charge < -0.3 is 24.5 Å². The van der Waals surface area contributed by atoms with Crippen molar-refractivity contribution in [3.63, 3.8) is 0 Å². The molecule has 3 N–H and O–H groups in total. The van der Waals surface area contributed by atoms with Crippen LogP contribution in [0.15, 0.2) is 28.7 Å². The molecule has 55 heavy (non-hydrogen) atoms. The summed E-state index contributed by atoms with van der Waals surface area (Å²) in [5.74, 6) is 1.45. The third-order valence-corrected chi connectivity index (χ3v) is 10.5. The molecule has 0 fully saturated rings. The Balaban J connectivity index is 2.28. The summed E-state index contributed by atoms with van der Waals surface area (Å²) >= 11 is 0. The first kappa shape index (κ1) is 50.5. The molecule has 316 valence electrons. The van der Waals surface area contributed by atoms with Crippen LogP contribution in [0.2, 0.25) is 0 Å². The predicted molar refractivity (Wildman–Crippen MR) is 219 cm³/mol. The highest BCUT2D eigenvalue weighted by Crippen LogP contribution is 2.43. The Bertz CT molecular complexity index is 1290. The quantitative estimate of drug-likeness (QED) is 0.0218. The lowest BCUT2D eigenvalue weighted by Gasteiger charge is -2.19. The first-order valence-electron chi connectivity index (χ1n) is 21.1. The monoisotopic (exact) mass is 796 g/mol. The van der Waals surface area contributed by atoms with E-state index in [0.29, 0.717) is 19.3 Å². The second-order valence-corrected chi connectivity index (χ2v) is 15.9. The molecule has 1 aromatic rings. The van der Waals surface area contributed by atoms with E-state index in [1.54, 1.807) is 6.08 Å². The molecule has 1 aromatic heterocycles. The number of allylic oxidation sites excluding steroid dienone is 4. The van der Waals surface area contributed by atoms with E-state index in [1.165, 1.54) is 43.2 Å². The Hall–Kier alpha value is -2.56. The number of esters is 2. The first-order chi connectivity index (χ1) is 26.5. The minimum absolute atomic E-state index is 0.0278. The molecule has 11 nitrogen and oxygen atoms in total. The van der Waals surface area contributed by atoms with Crippen molar-refractivity contribution in [1.29, 1.82) is 0 Å². The lowest BCUT2D eigenvalue weighted by atomic mass is 10.0. The number of furan rings is 1. The van der Waals surface area contributed by atoms with Crippen LogP contribution >= 0.6 is 7.82 Å². The van der Waals surface area contributed by atoms with Gasteiger partial charge in [-0.25, -0.2) is 4.57 Å². The van der Waals surface area contributed by atoms with E-state index in [9.17, 15) is 23.8 Å². The van der Waals surface area contributed by atoms with Crippen LogP contribution in [0.25, 0.3) is 0 Å². The van der Waals surface area contributed by atoms with Gasteiger partial charge in [-0.2, -0.15) is 0 Å². The molecule has 0 radical (unpaired) electrons. The van der Waals surface area contributed by atoms with Crippen molar-refractivity contribution in [2.24, 2.45) is 5.73 Å². The van der Waals surface area contributed by atoms with Gasteiger partial charge >= 0.3 is 19.8 Å². The molecule has 0 aromatic carbocycles. The molecule has 0 amide bonds. The number of ether oxygens (including phenoxy) is 2. The van der Waals surface area contributed by atoms with Crippen molar-refractivity contribution in [1.82, 2.24) is 0 Å². The van der Waals surface area contributed by atoms with E-state index in [0.717, 1.165) is 95.0 Å². The van der Waals surface area contributed by atoms with Crippen LogP contribution in [0.3, 0.4) is 0 Å². The number of phosphoric acid groups is 1. The average Bonchev–Trinajstić information content (AvgIpc) is 3.42. The zero-order valence-corrected chi connectivity index (χ0v) is 35.5. The van der Waals surface area contributed by atoms with Gasteiger partial charge in [-0.05, 0) is 76.0 Å². The van der Waals surface area contributed by atoms with Crippen molar-refractivity contribution < 1.29 is 46.8 Å².